The summed E-state index contributed by atoms with van der Waals surface area (Å²) in [6, 6.07) is 0. The fraction of sp³-hybridized carbons (Fsp3) is 0.500. The molecule has 0 rings (SSSR count). The zero-order chi connectivity index (χ0) is 10.5. The molecule has 0 aromatic rings. The van der Waals surface area contributed by atoms with Crippen molar-refractivity contribution in [2.24, 2.45) is 10.2 Å². The summed E-state index contributed by atoms with van der Waals surface area (Å²) in [5, 5.41) is 7.20. The Labute approximate surface area is 82.4 Å². The molecule has 0 spiro atoms. The molecule has 0 unspecified atom stereocenters. The van der Waals surface area contributed by atoms with Crippen molar-refractivity contribution >= 4 is 25.2 Å². The summed E-state index contributed by atoms with van der Waals surface area (Å²) in [7, 11) is 0. The van der Waals surface area contributed by atoms with Crippen molar-refractivity contribution in [1.29, 1.82) is 0 Å². The lowest BCUT2D eigenvalue weighted by Gasteiger charge is -1.91. The van der Waals surface area contributed by atoms with E-state index in [-0.39, 0.29) is 0 Å². The molecule has 0 heterocycles. The first kappa shape index (κ1) is 12.3. The maximum atomic E-state index is 9.76. The van der Waals surface area contributed by atoms with Crippen LogP contribution in [0.5, 0.6) is 0 Å². The Morgan fingerprint density at radius 2 is 1.29 bits per heavy atom. The zero-order valence-electron chi connectivity index (χ0n) is 7.85. The standard InChI is InChI=1S/C8H14N4O2/c13-7-11-9-5-3-1-2-4-6-10-12-8-14/h5-8H,1-4H2,(H,11,13)(H,12,14). The molecule has 14 heavy (non-hydrogen) atoms. The number of amides is 2. The van der Waals surface area contributed by atoms with Gasteiger partial charge in [0, 0.05) is 12.4 Å². The molecule has 6 nitrogen and oxygen atoms in total. The van der Waals surface area contributed by atoms with Crippen LogP contribution in [0.15, 0.2) is 10.2 Å². The molecule has 2 amide bonds. The number of nitrogens with zero attached hydrogens (tertiary/aromatic N) is 2. The van der Waals surface area contributed by atoms with Crippen molar-refractivity contribution in [2.45, 2.75) is 25.7 Å². The largest absolute Gasteiger partial charge is 0.277 e. The van der Waals surface area contributed by atoms with E-state index in [9.17, 15) is 9.59 Å². The molecule has 0 aliphatic rings. The van der Waals surface area contributed by atoms with Crippen LogP contribution in [0, 0.1) is 0 Å². The van der Waals surface area contributed by atoms with Gasteiger partial charge in [0.15, 0.2) is 0 Å². The summed E-state index contributed by atoms with van der Waals surface area (Å²) in [5.41, 5.74) is 4.36. The second kappa shape index (κ2) is 11.3. The normalized spacial score (nSPS) is 10.6. The summed E-state index contributed by atoms with van der Waals surface area (Å²) < 4.78 is 0. The topological polar surface area (TPSA) is 82.9 Å². The van der Waals surface area contributed by atoms with Crippen LogP contribution in [-0.2, 0) is 9.59 Å². The quantitative estimate of drug-likeness (QED) is 0.237. The van der Waals surface area contributed by atoms with E-state index in [2.05, 4.69) is 21.1 Å². The van der Waals surface area contributed by atoms with Crippen molar-refractivity contribution in [2.75, 3.05) is 0 Å². The van der Waals surface area contributed by atoms with Crippen LogP contribution < -0.4 is 10.9 Å². The molecule has 2 N–H and O–H groups in total. The van der Waals surface area contributed by atoms with Crippen LogP contribution in [0.2, 0.25) is 0 Å². The molecule has 0 bridgehead atoms. The summed E-state index contributed by atoms with van der Waals surface area (Å²) in [6.45, 7) is 0. The molecule has 0 fully saturated rings. The highest BCUT2D eigenvalue weighted by Crippen LogP contribution is 1.95. The average Bonchev–Trinajstić information content (AvgIpc) is 2.21. The number of hydrogen-bond acceptors (Lipinski definition) is 4. The van der Waals surface area contributed by atoms with Gasteiger partial charge < -0.3 is 0 Å². The maximum Gasteiger partial charge on any atom is 0.227 e. The summed E-state index contributed by atoms with van der Waals surface area (Å²) in [6.07, 6.45) is 7.91. The van der Waals surface area contributed by atoms with Crippen LogP contribution in [0.25, 0.3) is 0 Å². The van der Waals surface area contributed by atoms with Crippen LogP contribution in [0.4, 0.5) is 0 Å². The SMILES string of the molecule is O=CNN=CCCCCC=NNC=O. The predicted octanol–water partition coefficient (Wildman–Crippen LogP) is 0.0104. The molecule has 0 saturated heterocycles. The lowest BCUT2D eigenvalue weighted by molar-refractivity contribution is -0.110. The molecule has 0 radical (unpaired) electrons. The monoisotopic (exact) mass is 198 g/mol. The zero-order valence-corrected chi connectivity index (χ0v) is 7.85. The molecule has 0 atom stereocenters. The lowest BCUT2D eigenvalue weighted by atomic mass is 10.2. The van der Waals surface area contributed by atoms with Crippen molar-refractivity contribution in [1.82, 2.24) is 10.9 Å². The molecule has 0 aliphatic heterocycles. The number of unbranched alkanes of at least 4 members (excludes halogenated alkanes) is 3. The van der Waals surface area contributed by atoms with Gasteiger partial charge in [-0.3, -0.25) is 20.4 Å². The minimum absolute atomic E-state index is 0.522. The fourth-order valence-electron chi connectivity index (χ4n) is 0.767. The van der Waals surface area contributed by atoms with Crippen molar-refractivity contribution in [3.8, 4) is 0 Å². The number of carbonyl (C=O) groups is 2. The summed E-state index contributed by atoms with van der Waals surface area (Å²) >= 11 is 0. The summed E-state index contributed by atoms with van der Waals surface area (Å²) in [4.78, 5) is 19.5. The van der Waals surface area contributed by atoms with Crippen molar-refractivity contribution in [3.05, 3.63) is 0 Å². The lowest BCUT2D eigenvalue weighted by Crippen LogP contribution is -2.00. The summed E-state index contributed by atoms with van der Waals surface area (Å²) in [5.74, 6) is 0. The third-order valence-corrected chi connectivity index (χ3v) is 1.35. The number of rotatable bonds is 9. The first-order valence-corrected chi connectivity index (χ1v) is 4.33. The van der Waals surface area contributed by atoms with Gasteiger partial charge in [-0.2, -0.15) is 10.2 Å². The second-order valence-electron chi connectivity index (χ2n) is 2.40. The van der Waals surface area contributed by atoms with E-state index >= 15 is 0 Å². The molecule has 0 aliphatic carbocycles. The smallest absolute Gasteiger partial charge is 0.227 e. The van der Waals surface area contributed by atoms with Gasteiger partial charge in [0.1, 0.15) is 0 Å². The Balaban J connectivity index is 3.12. The predicted molar refractivity (Wildman–Crippen MR) is 53.9 cm³/mol. The Morgan fingerprint density at radius 3 is 1.64 bits per heavy atom. The minimum Gasteiger partial charge on any atom is -0.277 e. The highest BCUT2D eigenvalue weighted by atomic mass is 16.1. The number of hydrogen-bond donors (Lipinski definition) is 2. The fourth-order valence-corrected chi connectivity index (χ4v) is 0.767. The van der Waals surface area contributed by atoms with E-state index in [1.807, 2.05) is 0 Å². The van der Waals surface area contributed by atoms with Crippen molar-refractivity contribution in [3.63, 3.8) is 0 Å². The van der Waals surface area contributed by atoms with Crippen LogP contribution in [0.1, 0.15) is 25.7 Å². The number of hydrazone groups is 2. The number of nitrogens with one attached hydrogen (secondary N) is 2. The van der Waals surface area contributed by atoms with Gasteiger partial charge in [0.25, 0.3) is 0 Å². The van der Waals surface area contributed by atoms with E-state index in [0.29, 0.717) is 12.8 Å². The highest BCUT2D eigenvalue weighted by Gasteiger charge is 1.84. The van der Waals surface area contributed by atoms with Gasteiger partial charge >= 0.3 is 0 Å². The van der Waals surface area contributed by atoms with Crippen LogP contribution in [0.3, 0.4) is 0 Å². The van der Waals surface area contributed by atoms with E-state index in [4.69, 9.17) is 0 Å². The molecule has 6 heteroatoms. The second-order valence-corrected chi connectivity index (χ2v) is 2.40. The van der Waals surface area contributed by atoms with E-state index in [0.717, 1.165) is 25.7 Å². The third kappa shape index (κ3) is 10.3. The molecule has 0 saturated carbocycles. The Hall–Kier alpha value is -1.72. The Kier molecular flexibility index (Phi) is 9.89. The van der Waals surface area contributed by atoms with E-state index in [1.165, 1.54) is 0 Å². The van der Waals surface area contributed by atoms with E-state index in [1.54, 1.807) is 12.4 Å². The molecule has 0 aromatic carbocycles. The Bertz CT molecular complexity index is 182. The highest BCUT2D eigenvalue weighted by molar-refractivity contribution is 5.60. The molecule has 78 valence electrons. The van der Waals surface area contributed by atoms with E-state index < -0.39 is 0 Å². The molecular weight excluding hydrogens is 184 g/mol. The van der Waals surface area contributed by atoms with Gasteiger partial charge in [0.05, 0.1) is 0 Å². The molecular formula is C8H14N4O2. The molecule has 0 aromatic heterocycles. The van der Waals surface area contributed by atoms with Crippen molar-refractivity contribution < 1.29 is 9.59 Å². The minimum atomic E-state index is 0.522. The van der Waals surface area contributed by atoms with Crippen LogP contribution in [-0.4, -0.2) is 25.2 Å². The van der Waals surface area contributed by atoms with Gasteiger partial charge in [-0.05, 0) is 25.7 Å². The number of carbonyl (C=O) groups excluding carboxylic acids is 2. The first-order valence-electron chi connectivity index (χ1n) is 4.33. The average molecular weight is 198 g/mol. The van der Waals surface area contributed by atoms with Gasteiger partial charge in [-0.1, -0.05) is 0 Å². The van der Waals surface area contributed by atoms with Gasteiger partial charge in [-0.25, -0.2) is 0 Å². The Morgan fingerprint density at radius 1 is 0.857 bits per heavy atom. The van der Waals surface area contributed by atoms with Crippen LogP contribution >= 0.6 is 0 Å². The van der Waals surface area contributed by atoms with Gasteiger partial charge in [-0.15, -0.1) is 0 Å². The van der Waals surface area contributed by atoms with Gasteiger partial charge in [0.2, 0.25) is 12.8 Å². The maximum absolute atomic E-state index is 9.76. The third-order valence-electron chi connectivity index (χ3n) is 1.35. The first-order chi connectivity index (χ1) is 6.91.